The molecule has 0 saturated heterocycles. The summed E-state index contributed by atoms with van der Waals surface area (Å²) in [5, 5.41) is 3.29. The van der Waals surface area contributed by atoms with Crippen LogP contribution in [0.25, 0.3) is 0 Å². The van der Waals surface area contributed by atoms with E-state index in [-0.39, 0.29) is 0 Å². The van der Waals surface area contributed by atoms with Gasteiger partial charge in [0.1, 0.15) is 0 Å². The Bertz CT molecular complexity index is 468. The Kier molecular flexibility index (Phi) is 4.44. The smallest absolute Gasteiger partial charge is 0.0897 e. The highest BCUT2D eigenvalue weighted by atomic mass is 79.9. The fourth-order valence-electron chi connectivity index (χ4n) is 1.36. The number of thioether (sulfide) groups is 1. The molecular formula is C12H12BrNS2. The molecule has 0 unspecified atom stereocenters. The third-order valence-corrected chi connectivity index (χ3v) is 4.74. The molecule has 4 heteroatoms. The summed E-state index contributed by atoms with van der Waals surface area (Å²) >= 11 is 7.18. The van der Waals surface area contributed by atoms with Crippen LogP contribution >= 0.6 is 39.0 Å². The maximum atomic E-state index is 4.45. The Morgan fingerprint density at radius 1 is 1.31 bits per heavy atom. The topological polar surface area (TPSA) is 12.9 Å². The van der Waals surface area contributed by atoms with Crippen LogP contribution in [-0.4, -0.2) is 4.98 Å². The summed E-state index contributed by atoms with van der Waals surface area (Å²) in [6, 6.07) is 8.36. The summed E-state index contributed by atoms with van der Waals surface area (Å²) in [6.07, 6.45) is 0. The van der Waals surface area contributed by atoms with Gasteiger partial charge < -0.3 is 0 Å². The third-order valence-electron chi connectivity index (χ3n) is 2.13. The van der Waals surface area contributed by atoms with Crippen molar-refractivity contribution >= 4 is 39.0 Å². The number of benzene rings is 1. The lowest BCUT2D eigenvalue weighted by Crippen LogP contribution is -1.85. The molecule has 0 fully saturated rings. The number of halogens is 1. The highest BCUT2D eigenvalue weighted by molar-refractivity contribution is 9.10. The van der Waals surface area contributed by atoms with Gasteiger partial charge in [-0.1, -0.05) is 34.1 Å². The zero-order valence-corrected chi connectivity index (χ0v) is 12.2. The van der Waals surface area contributed by atoms with Gasteiger partial charge in [0, 0.05) is 21.4 Å². The lowest BCUT2D eigenvalue weighted by atomic mass is 10.2. The van der Waals surface area contributed by atoms with Crippen LogP contribution in [0, 0.1) is 6.92 Å². The van der Waals surface area contributed by atoms with Crippen LogP contribution in [0.3, 0.4) is 0 Å². The summed E-state index contributed by atoms with van der Waals surface area (Å²) in [6.45, 7) is 2.05. The molecule has 0 bridgehead atoms. The Labute approximate surface area is 112 Å². The maximum absolute atomic E-state index is 4.45. The van der Waals surface area contributed by atoms with E-state index >= 15 is 0 Å². The fraction of sp³-hybridized carbons (Fsp3) is 0.250. The van der Waals surface area contributed by atoms with Crippen LogP contribution in [0.15, 0.2) is 34.1 Å². The average Bonchev–Trinajstić information content (AvgIpc) is 2.67. The van der Waals surface area contributed by atoms with Crippen molar-refractivity contribution in [1.82, 2.24) is 4.98 Å². The minimum atomic E-state index is 0.992. The number of hydrogen-bond acceptors (Lipinski definition) is 3. The molecule has 0 amide bonds. The minimum absolute atomic E-state index is 0.992. The minimum Gasteiger partial charge on any atom is -0.246 e. The molecular weight excluding hydrogens is 302 g/mol. The molecule has 0 spiro atoms. The van der Waals surface area contributed by atoms with Gasteiger partial charge in [-0.05, 0) is 18.6 Å². The molecule has 0 aliphatic carbocycles. The molecule has 1 aromatic heterocycles. The normalized spacial score (nSPS) is 10.6. The molecule has 0 atom stereocenters. The van der Waals surface area contributed by atoms with Gasteiger partial charge in [-0.3, -0.25) is 0 Å². The van der Waals surface area contributed by atoms with Crippen molar-refractivity contribution in [1.29, 1.82) is 0 Å². The number of hydrogen-bond donors (Lipinski definition) is 0. The van der Waals surface area contributed by atoms with Crippen LogP contribution in [0.5, 0.6) is 0 Å². The summed E-state index contributed by atoms with van der Waals surface area (Å²) in [7, 11) is 0. The largest absolute Gasteiger partial charge is 0.246 e. The van der Waals surface area contributed by atoms with Gasteiger partial charge in [-0.25, -0.2) is 4.98 Å². The monoisotopic (exact) mass is 313 g/mol. The molecule has 1 aromatic carbocycles. The van der Waals surface area contributed by atoms with Crippen molar-refractivity contribution in [3.63, 3.8) is 0 Å². The van der Waals surface area contributed by atoms with Crippen molar-refractivity contribution in [2.24, 2.45) is 0 Å². The van der Waals surface area contributed by atoms with E-state index in [0.29, 0.717) is 0 Å². The summed E-state index contributed by atoms with van der Waals surface area (Å²) in [4.78, 5) is 4.45. The molecule has 1 nitrogen and oxygen atoms in total. The Morgan fingerprint density at radius 3 is 2.81 bits per heavy atom. The van der Waals surface area contributed by atoms with Crippen molar-refractivity contribution in [2.45, 2.75) is 18.4 Å². The molecule has 1 heterocycles. The number of rotatable bonds is 4. The average molecular weight is 314 g/mol. The standard InChI is InChI=1S/C12H12BrNS2/c1-9-14-11(8-16-9)7-15-6-10-4-2-3-5-12(10)13/h2-5,8H,6-7H2,1H3. The van der Waals surface area contributed by atoms with Crippen LogP contribution in [-0.2, 0) is 11.5 Å². The molecule has 0 saturated carbocycles. The van der Waals surface area contributed by atoms with E-state index in [1.165, 1.54) is 15.7 Å². The number of nitrogens with zero attached hydrogens (tertiary/aromatic N) is 1. The first-order valence-corrected chi connectivity index (χ1v) is 7.80. The Morgan fingerprint density at radius 2 is 2.12 bits per heavy atom. The van der Waals surface area contributed by atoms with E-state index in [4.69, 9.17) is 0 Å². The molecule has 0 N–H and O–H groups in total. The van der Waals surface area contributed by atoms with Gasteiger partial charge in [-0.2, -0.15) is 11.8 Å². The first-order valence-electron chi connectivity index (χ1n) is 4.98. The van der Waals surface area contributed by atoms with Gasteiger partial charge in [0.25, 0.3) is 0 Å². The van der Waals surface area contributed by atoms with Crippen LogP contribution in [0.1, 0.15) is 16.3 Å². The van der Waals surface area contributed by atoms with E-state index in [1.807, 2.05) is 24.8 Å². The van der Waals surface area contributed by atoms with Gasteiger partial charge in [0.15, 0.2) is 0 Å². The quantitative estimate of drug-likeness (QED) is 0.815. The number of thiazole rings is 1. The Balaban J connectivity index is 1.87. The van der Waals surface area contributed by atoms with Crippen molar-refractivity contribution in [2.75, 3.05) is 0 Å². The second-order valence-electron chi connectivity index (χ2n) is 3.44. The molecule has 0 aliphatic heterocycles. The zero-order valence-electron chi connectivity index (χ0n) is 8.94. The van der Waals surface area contributed by atoms with E-state index < -0.39 is 0 Å². The van der Waals surface area contributed by atoms with Crippen molar-refractivity contribution in [3.8, 4) is 0 Å². The number of aryl methyl sites for hydroxylation is 1. The lowest BCUT2D eigenvalue weighted by Gasteiger charge is -2.02. The summed E-state index contributed by atoms with van der Waals surface area (Å²) in [5.41, 5.74) is 2.54. The predicted octanol–water partition coefficient (Wildman–Crippen LogP) is 4.65. The SMILES string of the molecule is Cc1nc(CSCc2ccccc2Br)cs1. The van der Waals surface area contributed by atoms with E-state index in [1.54, 1.807) is 11.3 Å². The second kappa shape index (κ2) is 5.84. The van der Waals surface area contributed by atoms with Gasteiger partial charge in [0.2, 0.25) is 0 Å². The molecule has 0 aliphatic rings. The van der Waals surface area contributed by atoms with E-state index in [9.17, 15) is 0 Å². The highest BCUT2D eigenvalue weighted by Crippen LogP contribution is 2.24. The first kappa shape index (κ1) is 12.1. The van der Waals surface area contributed by atoms with Crippen molar-refractivity contribution < 1.29 is 0 Å². The molecule has 2 aromatic rings. The van der Waals surface area contributed by atoms with Crippen LogP contribution < -0.4 is 0 Å². The summed E-state index contributed by atoms with van der Waals surface area (Å²) < 4.78 is 1.19. The second-order valence-corrected chi connectivity index (χ2v) is 6.34. The molecule has 84 valence electrons. The van der Waals surface area contributed by atoms with Gasteiger partial charge in [0.05, 0.1) is 10.7 Å². The van der Waals surface area contributed by atoms with Crippen molar-refractivity contribution in [3.05, 3.63) is 50.4 Å². The van der Waals surface area contributed by atoms with Crippen LogP contribution in [0.2, 0.25) is 0 Å². The number of aromatic nitrogens is 1. The predicted molar refractivity (Wildman–Crippen MR) is 76.0 cm³/mol. The highest BCUT2D eigenvalue weighted by Gasteiger charge is 2.01. The third kappa shape index (κ3) is 3.34. The molecule has 16 heavy (non-hydrogen) atoms. The lowest BCUT2D eigenvalue weighted by molar-refractivity contribution is 1.18. The van der Waals surface area contributed by atoms with Gasteiger partial charge in [-0.15, -0.1) is 11.3 Å². The molecule has 2 rings (SSSR count). The summed E-state index contributed by atoms with van der Waals surface area (Å²) in [5.74, 6) is 2.02. The first-order chi connectivity index (χ1) is 7.75. The van der Waals surface area contributed by atoms with Gasteiger partial charge >= 0.3 is 0 Å². The zero-order chi connectivity index (χ0) is 11.4. The van der Waals surface area contributed by atoms with E-state index in [2.05, 4.69) is 44.5 Å². The van der Waals surface area contributed by atoms with E-state index in [0.717, 1.165) is 16.5 Å². The molecule has 0 radical (unpaired) electrons. The maximum Gasteiger partial charge on any atom is 0.0897 e. The van der Waals surface area contributed by atoms with Crippen LogP contribution in [0.4, 0.5) is 0 Å². The fourth-order valence-corrected chi connectivity index (χ4v) is 3.61. The Hall–Kier alpha value is -0.320.